The Morgan fingerprint density at radius 2 is 1.68 bits per heavy atom. The lowest BCUT2D eigenvalue weighted by Crippen LogP contribution is -2.37. The summed E-state index contributed by atoms with van der Waals surface area (Å²) in [5.74, 6) is -1.90. The fourth-order valence-electron chi connectivity index (χ4n) is 1.80. The molecule has 0 aliphatic carbocycles. The first-order valence-corrected chi connectivity index (χ1v) is 8.62. The van der Waals surface area contributed by atoms with Crippen molar-refractivity contribution in [2.75, 3.05) is 6.61 Å². The highest BCUT2D eigenvalue weighted by Crippen LogP contribution is 2.42. The molecule has 1 unspecified atom stereocenters. The molecule has 0 aliphatic heterocycles. The van der Waals surface area contributed by atoms with Gasteiger partial charge in [0.25, 0.3) is 10.1 Å². The van der Waals surface area contributed by atoms with Crippen molar-refractivity contribution >= 4 is 35.4 Å². The molecule has 1 aromatic carbocycles. The first-order valence-electron chi connectivity index (χ1n) is 6.31. The summed E-state index contributed by atoms with van der Waals surface area (Å²) in [6, 6.07) is 5.83. The zero-order chi connectivity index (χ0) is 17.2. The average molecular weight is 374 g/mol. The molecule has 0 fully saturated rings. The van der Waals surface area contributed by atoms with E-state index in [9.17, 15) is 21.6 Å². The Labute approximate surface area is 139 Å². The molecule has 0 spiro atoms. The van der Waals surface area contributed by atoms with Gasteiger partial charge in [-0.1, -0.05) is 17.7 Å². The number of thiol groups is 2. The maximum absolute atomic E-state index is 12.9. The topological polar surface area (TPSA) is 43.4 Å². The molecule has 3 nitrogen and oxygen atoms in total. The zero-order valence-electron chi connectivity index (χ0n) is 12.0. The van der Waals surface area contributed by atoms with Gasteiger partial charge in [0.1, 0.15) is 0 Å². The van der Waals surface area contributed by atoms with Gasteiger partial charge in [-0.3, -0.25) is 4.18 Å². The van der Waals surface area contributed by atoms with Crippen LogP contribution >= 0.6 is 25.3 Å². The number of hydrogen-bond acceptors (Lipinski definition) is 5. The molecule has 0 saturated carbocycles. The van der Waals surface area contributed by atoms with E-state index in [1.165, 1.54) is 19.1 Å². The number of aryl methyl sites for hydroxylation is 1. The number of halogens is 3. The molecule has 0 N–H and O–H groups in total. The van der Waals surface area contributed by atoms with Crippen molar-refractivity contribution in [1.82, 2.24) is 0 Å². The summed E-state index contributed by atoms with van der Waals surface area (Å²) in [6.07, 6.45) is -5.10. The lowest BCUT2D eigenvalue weighted by molar-refractivity contribution is -0.178. The predicted octanol–water partition coefficient (Wildman–Crippen LogP) is 3.84. The fourth-order valence-corrected chi connectivity index (χ4v) is 3.27. The van der Waals surface area contributed by atoms with Crippen LogP contribution in [-0.2, 0) is 14.3 Å². The summed E-state index contributed by atoms with van der Waals surface area (Å²) in [4.78, 5) is -0.0961. The lowest BCUT2D eigenvalue weighted by atomic mass is 10.0. The van der Waals surface area contributed by atoms with Gasteiger partial charge in [-0.15, -0.1) is 0 Å². The van der Waals surface area contributed by atoms with Gasteiger partial charge in [0.15, 0.2) is 0 Å². The van der Waals surface area contributed by atoms with Gasteiger partial charge >= 0.3 is 6.18 Å². The van der Waals surface area contributed by atoms with Gasteiger partial charge in [-0.25, -0.2) is 0 Å². The lowest BCUT2D eigenvalue weighted by Gasteiger charge is -2.30. The molecule has 9 heteroatoms. The molecule has 0 aliphatic rings. The third kappa shape index (κ3) is 5.68. The second-order valence-corrected chi connectivity index (χ2v) is 8.89. The molecule has 0 amide bonds. The summed E-state index contributed by atoms with van der Waals surface area (Å²) in [5, 5.41) is 0. The van der Waals surface area contributed by atoms with E-state index < -0.39 is 39.3 Å². The fraction of sp³-hybridized carbons (Fsp3) is 0.538. The van der Waals surface area contributed by atoms with E-state index in [1.807, 2.05) is 0 Å². The Morgan fingerprint density at radius 3 is 2.09 bits per heavy atom. The summed E-state index contributed by atoms with van der Waals surface area (Å²) in [7, 11) is -4.08. The Bertz CT molecular complexity index is 576. The van der Waals surface area contributed by atoms with Crippen molar-refractivity contribution in [1.29, 1.82) is 0 Å². The summed E-state index contributed by atoms with van der Waals surface area (Å²) < 4.78 is 65.5. The van der Waals surface area contributed by atoms with Crippen LogP contribution in [0.5, 0.6) is 0 Å². The van der Waals surface area contributed by atoms with Crippen molar-refractivity contribution in [2.45, 2.75) is 35.4 Å². The Kier molecular flexibility index (Phi) is 6.28. The van der Waals surface area contributed by atoms with Crippen LogP contribution in [0.1, 0.15) is 18.9 Å². The van der Waals surface area contributed by atoms with E-state index in [1.54, 1.807) is 19.1 Å². The number of benzene rings is 1. The molecule has 22 heavy (non-hydrogen) atoms. The van der Waals surface area contributed by atoms with Crippen molar-refractivity contribution in [3.63, 3.8) is 0 Å². The maximum Gasteiger partial charge on any atom is 0.394 e. The minimum Gasteiger partial charge on any atom is -0.266 e. The summed E-state index contributed by atoms with van der Waals surface area (Å²) >= 11 is 7.62. The van der Waals surface area contributed by atoms with E-state index in [4.69, 9.17) is 0 Å². The van der Waals surface area contributed by atoms with E-state index in [0.29, 0.717) is 0 Å². The molecule has 0 radical (unpaired) electrons. The first kappa shape index (κ1) is 19.7. The first-order chi connectivity index (χ1) is 9.84. The molecule has 0 heterocycles. The molecule has 126 valence electrons. The molecular weight excluding hydrogens is 357 g/mol. The zero-order valence-corrected chi connectivity index (χ0v) is 14.6. The third-order valence-corrected chi connectivity index (χ3v) is 4.96. The Hall–Kier alpha value is -0.380. The van der Waals surface area contributed by atoms with Gasteiger partial charge < -0.3 is 0 Å². The van der Waals surface area contributed by atoms with E-state index in [-0.39, 0.29) is 4.90 Å². The quantitative estimate of drug-likeness (QED) is 0.452. The molecule has 1 rings (SSSR count). The minimum absolute atomic E-state index is 0.0961. The second kappa shape index (κ2) is 7.02. The smallest absolute Gasteiger partial charge is 0.266 e. The number of alkyl halides is 3. The maximum atomic E-state index is 12.9. The molecular formula is C13H17F3O3S3. The van der Waals surface area contributed by atoms with Crippen molar-refractivity contribution in [2.24, 2.45) is 5.92 Å². The van der Waals surface area contributed by atoms with E-state index in [2.05, 4.69) is 29.4 Å². The number of hydrogen-bond donors (Lipinski definition) is 2. The Morgan fingerprint density at radius 1 is 1.18 bits per heavy atom. The number of rotatable bonds is 6. The van der Waals surface area contributed by atoms with Gasteiger partial charge in [0.2, 0.25) is 0 Å². The normalized spacial score (nSPS) is 14.9. The molecule has 1 aromatic rings. The molecule has 0 bridgehead atoms. The molecule has 0 aromatic heterocycles. The minimum atomic E-state index is -4.55. The van der Waals surface area contributed by atoms with Crippen LogP contribution in [-0.4, -0.2) is 25.3 Å². The third-order valence-electron chi connectivity index (χ3n) is 3.01. The monoisotopic (exact) mass is 374 g/mol. The highest BCUT2D eigenvalue weighted by atomic mass is 32.2. The molecule has 0 saturated heterocycles. The summed E-state index contributed by atoms with van der Waals surface area (Å²) in [6.45, 7) is 2.38. The van der Waals surface area contributed by atoms with Crippen LogP contribution in [0.15, 0.2) is 29.2 Å². The standard InChI is InChI=1S/C13H17F3O3S3/c1-9-3-5-10(6-4-9)22(17,18)19-8-7-11(12(2,20)21)13(14,15)16/h3-6,11,20-21H,7-8H2,1-2H3. The SMILES string of the molecule is Cc1ccc(S(=O)(=O)OCCC(C(F)(F)F)C(C)(S)S)cc1. The van der Waals surface area contributed by atoms with Crippen LogP contribution in [0.4, 0.5) is 13.2 Å². The van der Waals surface area contributed by atoms with Gasteiger partial charge in [-0.2, -0.15) is 46.8 Å². The van der Waals surface area contributed by atoms with Crippen LogP contribution in [0.2, 0.25) is 0 Å². The van der Waals surface area contributed by atoms with Gasteiger partial charge in [-0.05, 0) is 32.4 Å². The van der Waals surface area contributed by atoms with E-state index in [0.717, 1.165) is 5.56 Å². The van der Waals surface area contributed by atoms with Crippen molar-refractivity contribution in [3.05, 3.63) is 29.8 Å². The van der Waals surface area contributed by atoms with Crippen LogP contribution < -0.4 is 0 Å². The van der Waals surface area contributed by atoms with Crippen molar-refractivity contribution < 1.29 is 25.8 Å². The van der Waals surface area contributed by atoms with Crippen LogP contribution in [0.25, 0.3) is 0 Å². The summed E-state index contributed by atoms with van der Waals surface area (Å²) in [5.41, 5.74) is 0.858. The van der Waals surface area contributed by atoms with Crippen LogP contribution in [0.3, 0.4) is 0 Å². The second-order valence-electron chi connectivity index (χ2n) is 5.07. The largest absolute Gasteiger partial charge is 0.394 e. The van der Waals surface area contributed by atoms with Gasteiger partial charge in [0, 0.05) is 0 Å². The van der Waals surface area contributed by atoms with Gasteiger partial charge in [0.05, 0.1) is 21.5 Å². The predicted molar refractivity (Wildman–Crippen MR) is 84.9 cm³/mol. The molecule has 1 atom stereocenters. The highest BCUT2D eigenvalue weighted by molar-refractivity contribution is 8.00. The highest BCUT2D eigenvalue weighted by Gasteiger charge is 2.47. The van der Waals surface area contributed by atoms with Crippen molar-refractivity contribution in [3.8, 4) is 0 Å². The average Bonchev–Trinajstić information content (AvgIpc) is 2.32. The van der Waals surface area contributed by atoms with Crippen LogP contribution in [0, 0.1) is 12.8 Å². The Balaban J connectivity index is 2.75. The van der Waals surface area contributed by atoms with E-state index >= 15 is 0 Å².